The fraction of sp³-hybridized carbons (Fsp3) is 0.133. The Labute approximate surface area is 105 Å². The van der Waals surface area contributed by atoms with Crippen LogP contribution in [-0.4, -0.2) is 6.29 Å². The van der Waals surface area contributed by atoms with Gasteiger partial charge in [0.2, 0.25) is 0 Å². The highest BCUT2D eigenvalue weighted by atomic mass is 19.1. The van der Waals surface area contributed by atoms with Gasteiger partial charge < -0.3 is 4.74 Å². The molecule has 0 saturated heterocycles. The minimum Gasteiger partial charge on any atom is -0.489 e. The van der Waals surface area contributed by atoms with Crippen LogP contribution in [0.4, 0.5) is 4.39 Å². The molecule has 0 fully saturated rings. The zero-order valence-electron chi connectivity index (χ0n) is 10.0. The fourth-order valence-electron chi connectivity index (χ4n) is 1.72. The summed E-state index contributed by atoms with van der Waals surface area (Å²) < 4.78 is 18.5. The summed E-state index contributed by atoms with van der Waals surface area (Å²) in [6.07, 6.45) is 0.780. The quantitative estimate of drug-likeness (QED) is 0.769. The van der Waals surface area contributed by atoms with Gasteiger partial charge in [0.05, 0.1) is 0 Å². The average molecular weight is 244 g/mol. The van der Waals surface area contributed by atoms with E-state index in [4.69, 9.17) is 4.74 Å². The number of ether oxygens (including phenoxy) is 1. The Bertz CT molecular complexity index is 564. The van der Waals surface area contributed by atoms with E-state index in [2.05, 4.69) is 0 Å². The number of halogens is 1. The first-order chi connectivity index (χ1) is 8.67. The lowest BCUT2D eigenvalue weighted by Crippen LogP contribution is -1.97. The molecule has 2 nitrogen and oxygen atoms in total. The van der Waals surface area contributed by atoms with E-state index in [9.17, 15) is 9.18 Å². The molecule has 2 aromatic rings. The Morgan fingerprint density at radius 1 is 1.22 bits per heavy atom. The fourth-order valence-corrected chi connectivity index (χ4v) is 1.72. The molecular formula is C15H13FO2. The highest BCUT2D eigenvalue weighted by molar-refractivity contribution is 5.76. The van der Waals surface area contributed by atoms with Gasteiger partial charge in [-0.2, -0.15) is 0 Å². The molecule has 0 amide bonds. The third-order valence-electron chi connectivity index (χ3n) is 2.50. The number of benzene rings is 2. The van der Waals surface area contributed by atoms with Gasteiger partial charge >= 0.3 is 0 Å². The second-order valence-corrected chi connectivity index (χ2v) is 4.12. The maximum absolute atomic E-state index is 13.0. The monoisotopic (exact) mass is 244 g/mol. The van der Waals surface area contributed by atoms with Crippen LogP contribution in [-0.2, 0) is 6.61 Å². The SMILES string of the molecule is Cc1cc(C=O)cc(OCc2cccc(F)c2)c1. The lowest BCUT2D eigenvalue weighted by Gasteiger charge is -2.08. The van der Waals surface area contributed by atoms with Crippen LogP contribution in [0.3, 0.4) is 0 Å². The summed E-state index contributed by atoms with van der Waals surface area (Å²) in [6, 6.07) is 11.5. The molecule has 0 spiro atoms. The van der Waals surface area contributed by atoms with Crippen LogP contribution in [0.2, 0.25) is 0 Å². The number of aryl methyl sites for hydroxylation is 1. The molecule has 0 unspecified atom stereocenters. The molecule has 92 valence electrons. The summed E-state index contributed by atoms with van der Waals surface area (Å²) in [5.74, 6) is 0.329. The summed E-state index contributed by atoms with van der Waals surface area (Å²) in [5, 5.41) is 0. The van der Waals surface area contributed by atoms with E-state index in [1.165, 1.54) is 12.1 Å². The number of aldehydes is 1. The van der Waals surface area contributed by atoms with Crippen molar-refractivity contribution in [2.45, 2.75) is 13.5 Å². The lowest BCUT2D eigenvalue weighted by atomic mass is 10.1. The summed E-state index contributed by atoms with van der Waals surface area (Å²) in [4.78, 5) is 10.7. The zero-order chi connectivity index (χ0) is 13.0. The van der Waals surface area contributed by atoms with E-state index in [0.717, 1.165) is 17.4 Å². The molecule has 0 atom stereocenters. The second-order valence-electron chi connectivity index (χ2n) is 4.12. The molecule has 0 radical (unpaired) electrons. The normalized spacial score (nSPS) is 10.1. The van der Waals surface area contributed by atoms with E-state index >= 15 is 0 Å². The third-order valence-corrected chi connectivity index (χ3v) is 2.50. The van der Waals surface area contributed by atoms with Crippen molar-refractivity contribution in [1.29, 1.82) is 0 Å². The van der Waals surface area contributed by atoms with Gasteiger partial charge in [0.15, 0.2) is 0 Å². The number of hydrogen-bond acceptors (Lipinski definition) is 2. The van der Waals surface area contributed by atoms with E-state index in [-0.39, 0.29) is 12.4 Å². The maximum atomic E-state index is 13.0. The molecule has 2 rings (SSSR count). The highest BCUT2D eigenvalue weighted by Crippen LogP contribution is 2.17. The average Bonchev–Trinajstić information content (AvgIpc) is 2.36. The van der Waals surface area contributed by atoms with Crippen molar-refractivity contribution in [3.8, 4) is 5.75 Å². The standard InChI is InChI=1S/C15H13FO2/c1-11-5-13(9-17)8-15(6-11)18-10-12-3-2-4-14(16)7-12/h2-9H,10H2,1H3. The molecule has 0 saturated carbocycles. The van der Waals surface area contributed by atoms with Crippen LogP contribution in [0.25, 0.3) is 0 Å². The Kier molecular flexibility index (Phi) is 3.72. The molecule has 0 heterocycles. The molecule has 18 heavy (non-hydrogen) atoms. The van der Waals surface area contributed by atoms with Crippen molar-refractivity contribution < 1.29 is 13.9 Å². The number of hydrogen-bond donors (Lipinski definition) is 0. The lowest BCUT2D eigenvalue weighted by molar-refractivity contribution is 0.112. The first kappa shape index (κ1) is 12.3. The minimum absolute atomic E-state index is 0.277. The van der Waals surface area contributed by atoms with E-state index in [0.29, 0.717) is 11.3 Å². The Morgan fingerprint density at radius 2 is 2.06 bits per heavy atom. The first-order valence-corrected chi connectivity index (χ1v) is 5.61. The van der Waals surface area contributed by atoms with Gasteiger partial charge in [-0.05, 0) is 48.4 Å². The Morgan fingerprint density at radius 3 is 2.78 bits per heavy atom. The van der Waals surface area contributed by atoms with Gasteiger partial charge in [0.1, 0.15) is 24.5 Å². The first-order valence-electron chi connectivity index (χ1n) is 5.61. The summed E-state index contributed by atoms with van der Waals surface area (Å²) >= 11 is 0. The van der Waals surface area contributed by atoms with E-state index in [1.807, 2.05) is 13.0 Å². The third kappa shape index (κ3) is 3.17. The maximum Gasteiger partial charge on any atom is 0.150 e. The van der Waals surface area contributed by atoms with E-state index in [1.54, 1.807) is 24.3 Å². The summed E-state index contributed by atoms with van der Waals surface area (Å²) in [7, 11) is 0. The number of carbonyl (C=O) groups excluding carboxylic acids is 1. The predicted octanol–water partition coefficient (Wildman–Crippen LogP) is 3.53. The summed E-state index contributed by atoms with van der Waals surface area (Å²) in [5.41, 5.74) is 2.28. The molecule has 0 aromatic heterocycles. The number of carbonyl (C=O) groups is 1. The van der Waals surface area contributed by atoms with Crippen LogP contribution < -0.4 is 4.74 Å². The van der Waals surface area contributed by atoms with Crippen molar-refractivity contribution in [3.05, 3.63) is 65.0 Å². The highest BCUT2D eigenvalue weighted by Gasteiger charge is 2.01. The second kappa shape index (κ2) is 5.45. The Balaban J connectivity index is 2.10. The van der Waals surface area contributed by atoms with Crippen LogP contribution in [0.1, 0.15) is 21.5 Å². The number of rotatable bonds is 4. The van der Waals surface area contributed by atoms with Crippen molar-refractivity contribution in [1.82, 2.24) is 0 Å². The van der Waals surface area contributed by atoms with Gasteiger partial charge in [-0.3, -0.25) is 4.79 Å². The molecule has 0 aliphatic rings. The van der Waals surface area contributed by atoms with Crippen LogP contribution >= 0.6 is 0 Å². The van der Waals surface area contributed by atoms with Gasteiger partial charge in [0, 0.05) is 5.56 Å². The molecule has 0 aliphatic heterocycles. The predicted molar refractivity (Wildman–Crippen MR) is 67.3 cm³/mol. The van der Waals surface area contributed by atoms with Gasteiger partial charge in [0.25, 0.3) is 0 Å². The Hall–Kier alpha value is -2.16. The molecular weight excluding hydrogens is 231 g/mol. The van der Waals surface area contributed by atoms with Crippen LogP contribution in [0.5, 0.6) is 5.75 Å². The molecule has 0 bridgehead atoms. The van der Waals surface area contributed by atoms with Crippen molar-refractivity contribution >= 4 is 6.29 Å². The molecule has 0 aliphatic carbocycles. The van der Waals surface area contributed by atoms with Gasteiger partial charge in [-0.25, -0.2) is 4.39 Å². The molecule has 0 N–H and O–H groups in total. The molecule has 2 aromatic carbocycles. The van der Waals surface area contributed by atoms with E-state index < -0.39 is 0 Å². The van der Waals surface area contributed by atoms with Crippen LogP contribution in [0, 0.1) is 12.7 Å². The van der Waals surface area contributed by atoms with Crippen LogP contribution in [0.15, 0.2) is 42.5 Å². The summed E-state index contributed by atoms with van der Waals surface area (Å²) in [6.45, 7) is 2.17. The smallest absolute Gasteiger partial charge is 0.150 e. The molecule has 3 heteroatoms. The minimum atomic E-state index is -0.283. The largest absolute Gasteiger partial charge is 0.489 e. The van der Waals surface area contributed by atoms with Gasteiger partial charge in [-0.1, -0.05) is 12.1 Å². The topological polar surface area (TPSA) is 26.3 Å². The van der Waals surface area contributed by atoms with Crippen molar-refractivity contribution in [3.63, 3.8) is 0 Å². The van der Waals surface area contributed by atoms with Gasteiger partial charge in [-0.15, -0.1) is 0 Å². The van der Waals surface area contributed by atoms with Crippen molar-refractivity contribution in [2.75, 3.05) is 0 Å². The zero-order valence-corrected chi connectivity index (χ0v) is 10.0. The van der Waals surface area contributed by atoms with Crippen molar-refractivity contribution in [2.24, 2.45) is 0 Å².